The molecule has 0 amide bonds. The smallest absolute Gasteiger partial charge is 0.337 e. The van der Waals surface area contributed by atoms with E-state index < -0.39 is 73.8 Å². The van der Waals surface area contributed by atoms with Gasteiger partial charge in [0, 0.05) is 5.92 Å². The van der Waals surface area contributed by atoms with Crippen LogP contribution in [-0.2, 0) is 28.5 Å². The molecule has 11 nitrogen and oxygen atoms in total. The molecule has 0 spiro atoms. The fraction of sp³-hybridized carbons (Fsp3) is 0.750. The lowest BCUT2D eigenvalue weighted by molar-refractivity contribution is -0.321. The van der Waals surface area contributed by atoms with Crippen LogP contribution in [0.25, 0.3) is 0 Å². The van der Waals surface area contributed by atoms with E-state index in [9.17, 15) is 35.1 Å². The van der Waals surface area contributed by atoms with Crippen LogP contribution in [0.15, 0.2) is 11.8 Å². The molecule has 0 aromatic carbocycles. The summed E-state index contributed by atoms with van der Waals surface area (Å²) in [6.07, 6.45) is -8.75. The van der Waals surface area contributed by atoms with E-state index in [2.05, 4.69) is 4.74 Å². The number of esters is 1. The first-order valence-electron chi connectivity index (χ1n) is 8.32. The van der Waals surface area contributed by atoms with E-state index in [1.807, 2.05) is 0 Å². The molecule has 8 atom stereocenters. The number of carbonyl (C=O) groups excluding carboxylic acids is 1. The van der Waals surface area contributed by atoms with Crippen LogP contribution in [0.1, 0.15) is 13.3 Å². The molecule has 11 heteroatoms. The zero-order valence-electron chi connectivity index (χ0n) is 14.8. The SMILES string of the molecule is COC(=O)C1=CO[C@@H](C)[C@@H](O[C@@H]2O[C@H](CO)[C@@H](O)[C@H](O)[C@H]2O)[C@@H]1CC(=O)O. The van der Waals surface area contributed by atoms with Gasteiger partial charge in [-0.1, -0.05) is 0 Å². The van der Waals surface area contributed by atoms with Gasteiger partial charge in [-0.05, 0) is 6.92 Å². The summed E-state index contributed by atoms with van der Waals surface area (Å²) in [4.78, 5) is 23.2. The topological polar surface area (TPSA) is 172 Å². The Morgan fingerprint density at radius 2 is 1.85 bits per heavy atom. The Morgan fingerprint density at radius 3 is 2.41 bits per heavy atom. The Balaban J connectivity index is 2.26. The molecule has 0 bridgehead atoms. The monoisotopic (exact) mass is 392 g/mol. The lowest BCUT2D eigenvalue weighted by Crippen LogP contribution is -2.60. The van der Waals surface area contributed by atoms with Crippen LogP contribution in [0, 0.1) is 5.92 Å². The lowest BCUT2D eigenvalue weighted by Gasteiger charge is -2.43. The number of methoxy groups -OCH3 is 1. The molecule has 0 aliphatic carbocycles. The van der Waals surface area contributed by atoms with Gasteiger partial charge in [0.05, 0.1) is 32.0 Å². The molecule has 0 aromatic rings. The third kappa shape index (κ3) is 4.57. The highest BCUT2D eigenvalue weighted by molar-refractivity contribution is 5.89. The van der Waals surface area contributed by atoms with Crippen LogP contribution in [0.4, 0.5) is 0 Å². The van der Waals surface area contributed by atoms with E-state index in [4.69, 9.17) is 14.2 Å². The summed E-state index contributed by atoms with van der Waals surface area (Å²) in [5.41, 5.74) is -0.0624. The molecule has 154 valence electrons. The number of carboxylic acid groups (broad SMARTS) is 1. The van der Waals surface area contributed by atoms with E-state index in [0.29, 0.717) is 0 Å². The van der Waals surface area contributed by atoms with E-state index in [1.165, 1.54) is 0 Å². The number of hydrogen-bond donors (Lipinski definition) is 5. The highest BCUT2D eigenvalue weighted by atomic mass is 16.7. The van der Waals surface area contributed by atoms with Crippen molar-refractivity contribution in [3.05, 3.63) is 11.8 Å². The average Bonchev–Trinajstić information content (AvgIpc) is 2.63. The van der Waals surface area contributed by atoms with Crippen LogP contribution in [-0.4, -0.2) is 94.1 Å². The summed E-state index contributed by atoms with van der Waals surface area (Å²) in [6.45, 7) is 0.918. The molecule has 2 aliphatic heterocycles. The summed E-state index contributed by atoms with van der Waals surface area (Å²) in [6, 6.07) is 0. The van der Waals surface area contributed by atoms with Gasteiger partial charge in [-0.3, -0.25) is 4.79 Å². The largest absolute Gasteiger partial charge is 0.495 e. The molecule has 1 fully saturated rings. The molecule has 27 heavy (non-hydrogen) atoms. The number of aliphatic hydroxyl groups excluding tert-OH is 4. The van der Waals surface area contributed by atoms with Crippen molar-refractivity contribution in [1.82, 2.24) is 0 Å². The van der Waals surface area contributed by atoms with Crippen molar-refractivity contribution in [3.63, 3.8) is 0 Å². The maximum atomic E-state index is 12.0. The van der Waals surface area contributed by atoms with Gasteiger partial charge < -0.3 is 44.5 Å². The Labute approximate surface area is 154 Å². The maximum Gasteiger partial charge on any atom is 0.337 e. The third-order valence-corrected chi connectivity index (χ3v) is 4.62. The van der Waals surface area contributed by atoms with Crippen molar-refractivity contribution in [2.75, 3.05) is 13.7 Å². The Morgan fingerprint density at radius 1 is 1.19 bits per heavy atom. The molecular formula is C16H24O11. The summed E-state index contributed by atoms with van der Waals surface area (Å²) >= 11 is 0. The predicted molar refractivity (Wildman–Crippen MR) is 85.0 cm³/mol. The second-order valence-corrected chi connectivity index (χ2v) is 6.41. The van der Waals surface area contributed by atoms with Gasteiger partial charge in [-0.15, -0.1) is 0 Å². The fourth-order valence-corrected chi connectivity index (χ4v) is 3.12. The fourth-order valence-electron chi connectivity index (χ4n) is 3.12. The molecule has 0 aromatic heterocycles. The predicted octanol–water partition coefficient (Wildman–Crippen LogP) is -2.26. The molecule has 0 radical (unpaired) electrons. The summed E-state index contributed by atoms with van der Waals surface area (Å²) in [5.74, 6) is -2.98. The van der Waals surface area contributed by atoms with Crippen molar-refractivity contribution in [1.29, 1.82) is 0 Å². The van der Waals surface area contributed by atoms with Crippen LogP contribution in [0.2, 0.25) is 0 Å². The van der Waals surface area contributed by atoms with Gasteiger partial charge >= 0.3 is 11.9 Å². The zero-order chi connectivity index (χ0) is 20.3. The summed E-state index contributed by atoms with van der Waals surface area (Å²) in [5, 5.41) is 48.3. The van der Waals surface area contributed by atoms with Crippen LogP contribution >= 0.6 is 0 Å². The molecule has 2 aliphatic rings. The second kappa shape index (κ2) is 8.95. The van der Waals surface area contributed by atoms with E-state index in [0.717, 1.165) is 13.4 Å². The Kier molecular flexibility index (Phi) is 7.14. The van der Waals surface area contributed by atoms with Crippen molar-refractivity contribution >= 4 is 11.9 Å². The van der Waals surface area contributed by atoms with E-state index in [-0.39, 0.29) is 5.57 Å². The van der Waals surface area contributed by atoms with Crippen LogP contribution < -0.4 is 0 Å². The van der Waals surface area contributed by atoms with Crippen molar-refractivity contribution in [2.45, 2.75) is 56.3 Å². The van der Waals surface area contributed by atoms with Crippen LogP contribution in [0.5, 0.6) is 0 Å². The van der Waals surface area contributed by atoms with Gasteiger partial charge in [-0.2, -0.15) is 0 Å². The maximum absolute atomic E-state index is 12.0. The highest BCUT2D eigenvalue weighted by Crippen LogP contribution is 2.34. The molecule has 0 saturated carbocycles. The van der Waals surface area contributed by atoms with Gasteiger partial charge in [-0.25, -0.2) is 4.79 Å². The number of ether oxygens (including phenoxy) is 4. The number of aliphatic carboxylic acids is 1. The average molecular weight is 392 g/mol. The number of hydrogen-bond acceptors (Lipinski definition) is 10. The minimum atomic E-state index is -1.67. The van der Waals surface area contributed by atoms with Gasteiger partial charge in [0.25, 0.3) is 0 Å². The number of carboxylic acids is 1. The summed E-state index contributed by atoms with van der Waals surface area (Å²) < 4.78 is 20.9. The Bertz CT molecular complexity index is 575. The van der Waals surface area contributed by atoms with E-state index in [1.54, 1.807) is 6.92 Å². The summed E-state index contributed by atoms with van der Waals surface area (Å²) in [7, 11) is 1.13. The normalized spacial score (nSPS) is 39.3. The number of rotatable bonds is 6. The first-order valence-corrected chi connectivity index (χ1v) is 8.32. The quantitative estimate of drug-likeness (QED) is 0.309. The molecule has 5 N–H and O–H groups in total. The highest BCUT2D eigenvalue weighted by Gasteiger charge is 2.48. The standard InChI is InChI=1S/C16H24O11/c1-6-14(7(3-10(18)19)8(5-25-6)15(23)24-2)27-16-13(22)12(21)11(20)9(4-17)26-16/h5-7,9,11-14,16-17,20-22H,3-4H2,1-2H3,(H,18,19)/t6-,7+,9+,11+,12-,13+,14+,16-/m0/s1. The minimum Gasteiger partial charge on any atom is -0.495 e. The van der Waals surface area contributed by atoms with Gasteiger partial charge in [0.15, 0.2) is 6.29 Å². The molecule has 2 rings (SSSR count). The van der Waals surface area contributed by atoms with Crippen LogP contribution in [0.3, 0.4) is 0 Å². The number of carbonyl (C=O) groups is 2. The first-order chi connectivity index (χ1) is 12.7. The van der Waals surface area contributed by atoms with Crippen molar-refractivity contribution in [3.8, 4) is 0 Å². The molecule has 1 saturated heterocycles. The van der Waals surface area contributed by atoms with Crippen molar-refractivity contribution in [2.24, 2.45) is 5.92 Å². The van der Waals surface area contributed by atoms with E-state index >= 15 is 0 Å². The second-order valence-electron chi connectivity index (χ2n) is 6.41. The van der Waals surface area contributed by atoms with Crippen molar-refractivity contribution < 1.29 is 54.1 Å². The minimum absolute atomic E-state index is 0.0624. The molecular weight excluding hydrogens is 368 g/mol. The van der Waals surface area contributed by atoms with Gasteiger partial charge in [0.1, 0.15) is 36.6 Å². The molecule has 0 unspecified atom stereocenters. The zero-order valence-corrected chi connectivity index (χ0v) is 14.8. The number of aliphatic hydroxyl groups is 4. The third-order valence-electron chi connectivity index (χ3n) is 4.62. The molecule has 2 heterocycles. The van der Waals surface area contributed by atoms with Gasteiger partial charge in [0.2, 0.25) is 0 Å². The first kappa shape index (κ1) is 21.5. The lowest BCUT2D eigenvalue weighted by atomic mass is 9.86. The Hall–Kier alpha value is -1.76.